The number of nitrogens with zero attached hydrogens (tertiary/aromatic N) is 2. The van der Waals surface area contributed by atoms with Crippen LogP contribution in [0.4, 0.5) is 5.82 Å². The predicted molar refractivity (Wildman–Crippen MR) is 83.9 cm³/mol. The second-order valence-electron chi connectivity index (χ2n) is 5.87. The van der Waals surface area contributed by atoms with Crippen LogP contribution in [0.2, 0.25) is 0 Å². The van der Waals surface area contributed by atoms with Crippen molar-refractivity contribution in [3.8, 4) is 0 Å². The number of pyridine rings is 1. The van der Waals surface area contributed by atoms with Crippen molar-refractivity contribution in [2.75, 3.05) is 18.0 Å². The van der Waals surface area contributed by atoms with E-state index >= 15 is 0 Å². The molecule has 1 unspecified atom stereocenters. The molecule has 0 amide bonds. The van der Waals surface area contributed by atoms with E-state index in [1.807, 2.05) is 24.3 Å². The van der Waals surface area contributed by atoms with Gasteiger partial charge < -0.3 is 10.0 Å². The number of rotatable bonds is 2. The zero-order valence-corrected chi connectivity index (χ0v) is 12.2. The Morgan fingerprint density at radius 2 is 2.10 bits per heavy atom. The molecule has 1 aliphatic heterocycles. The summed E-state index contributed by atoms with van der Waals surface area (Å²) < 4.78 is 0. The topological polar surface area (TPSA) is 53.4 Å². The molecule has 1 N–H and O–H groups in total. The number of carbonyl (C=O) groups is 1. The molecule has 1 atom stereocenters. The predicted octanol–water partition coefficient (Wildman–Crippen LogP) is 3.56. The number of carboxylic acids is 1. The van der Waals surface area contributed by atoms with E-state index in [9.17, 15) is 9.90 Å². The Balaban J connectivity index is 2.04. The summed E-state index contributed by atoms with van der Waals surface area (Å²) in [4.78, 5) is 18.4. The minimum Gasteiger partial charge on any atom is -0.478 e. The second-order valence-corrected chi connectivity index (χ2v) is 5.87. The first kappa shape index (κ1) is 13.9. The zero-order chi connectivity index (χ0) is 14.8. The monoisotopic (exact) mass is 284 g/mol. The average Bonchev–Trinajstić information content (AvgIpc) is 2.70. The molecule has 1 aromatic heterocycles. The Labute approximate surface area is 124 Å². The average molecular weight is 284 g/mol. The van der Waals surface area contributed by atoms with Gasteiger partial charge in [0.15, 0.2) is 0 Å². The van der Waals surface area contributed by atoms with Crippen molar-refractivity contribution in [1.29, 1.82) is 0 Å². The van der Waals surface area contributed by atoms with Gasteiger partial charge in [0.25, 0.3) is 0 Å². The first-order valence-corrected chi connectivity index (χ1v) is 7.53. The number of anilines is 1. The molecule has 4 heteroatoms. The lowest BCUT2D eigenvalue weighted by Crippen LogP contribution is -2.25. The quantitative estimate of drug-likeness (QED) is 0.916. The molecular formula is C17H20N2O2. The summed E-state index contributed by atoms with van der Waals surface area (Å²) in [6.07, 6.45) is 3.50. The van der Waals surface area contributed by atoms with Crippen LogP contribution in [0.5, 0.6) is 0 Å². The molecular weight excluding hydrogens is 264 g/mol. The van der Waals surface area contributed by atoms with Gasteiger partial charge in [0.1, 0.15) is 5.82 Å². The van der Waals surface area contributed by atoms with Gasteiger partial charge in [0.2, 0.25) is 0 Å². The van der Waals surface area contributed by atoms with Crippen LogP contribution >= 0.6 is 0 Å². The number of carboxylic acid groups (broad SMARTS) is 1. The number of benzene rings is 1. The highest BCUT2D eigenvalue weighted by molar-refractivity contribution is 6.03. The van der Waals surface area contributed by atoms with Crippen molar-refractivity contribution in [2.24, 2.45) is 5.92 Å². The Kier molecular flexibility index (Phi) is 3.78. The van der Waals surface area contributed by atoms with Crippen molar-refractivity contribution in [3.63, 3.8) is 0 Å². The van der Waals surface area contributed by atoms with Crippen LogP contribution in [0.1, 0.15) is 36.5 Å². The van der Waals surface area contributed by atoms with Crippen molar-refractivity contribution in [1.82, 2.24) is 4.98 Å². The molecule has 110 valence electrons. The normalized spacial score (nSPS) is 19.5. The Morgan fingerprint density at radius 1 is 1.29 bits per heavy atom. The third-order valence-electron chi connectivity index (χ3n) is 4.27. The Bertz CT molecular complexity index is 669. The molecule has 0 spiro atoms. The minimum absolute atomic E-state index is 0.341. The van der Waals surface area contributed by atoms with E-state index in [0.29, 0.717) is 10.9 Å². The van der Waals surface area contributed by atoms with Gasteiger partial charge >= 0.3 is 5.97 Å². The molecule has 0 saturated carbocycles. The van der Waals surface area contributed by atoms with E-state index in [4.69, 9.17) is 0 Å². The first-order valence-electron chi connectivity index (χ1n) is 7.53. The van der Waals surface area contributed by atoms with Crippen molar-refractivity contribution in [2.45, 2.75) is 26.2 Å². The zero-order valence-electron chi connectivity index (χ0n) is 12.2. The van der Waals surface area contributed by atoms with E-state index in [-0.39, 0.29) is 0 Å². The van der Waals surface area contributed by atoms with Gasteiger partial charge in [-0.15, -0.1) is 0 Å². The van der Waals surface area contributed by atoms with Crippen molar-refractivity contribution >= 4 is 22.7 Å². The molecule has 21 heavy (non-hydrogen) atoms. The van der Waals surface area contributed by atoms with Gasteiger partial charge in [0, 0.05) is 18.5 Å². The summed E-state index contributed by atoms with van der Waals surface area (Å²) in [5.74, 6) is 0.632. The van der Waals surface area contributed by atoms with Crippen molar-refractivity contribution in [3.05, 3.63) is 35.9 Å². The van der Waals surface area contributed by atoms with Crippen molar-refractivity contribution < 1.29 is 9.90 Å². The number of hydrogen-bond acceptors (Lipinski definition) is 3. The third-order valence-corrected chi connectivity index (χ3v) is 4.27. The standard InChI is InChI=1S/C17H20N2O2/c1-12-5-4-9-19(10-8-12)16-11-14(17(20)21)13-6-2-3-7-15(13)18-16/h2-3,6-7,11-12H,4-5,8-10H2,1H3,(H,20,21). The smallest absolute Gasteiger partial charge is 0.336 e. The summed E-state index contributed by atoms with van der Waals surface area (Å²) in [5, 5.41) is 10.2. The summed E-state index contributed by atoms with van der Waals surface area (Å²) in [6, 6.07) is 9.17. The SMILES string of the molecule is CC1CCCN(c2cc(C(=O)O)c3ccccc3n2)CC1. The lowest BCUT2D eigenvalue weighted by atomic mass is 10.0. The molecule has 0 aliphatic carbocycles. The van der Waals surface area contributed by atoms with Crippen LogP contribution in [0.3, 0.4) is 0 Å². The maximum absolute atomic E-state index is 11.5. The van der Waals surface area contributed by atoms with Gasteiger partial charge in [-0.3, -0.25) is 0 Å². The van der Waals surface area contributed by atoms with E-state index in [2.05, 4.69) is 16.8 Å². The largest absolute Gasteiger partial charge is 0.478 e. The minimum atomic E-state index is -0.891. The summed E-state index contributed by atoms with van der Waals surface area (Å²) >= 11 is 0. The van der Waals surface area contributed by atoms with E-state index < -0.39 is 5.97 Å². The molecule has 0 radical (unpaired) electrons. The molecule has 1 fully saturated rings. The van der Waals surface area contributed by atoms with Crippen LogP contribution in [-0.4, -0.2) is 29.1 Å². The maximum atomic E-state index is 11.5. The van der Waals surface area contributed by atoms with Crippen LogP contribution < -0.4 is 4.90 Å². The molecule has 1 aromatic carbocycles. The molecule has 3 rings (SSSR count). The van der Waals surface area contributed by atoms with E-state index in [1.54, 1.807) is 6.07 Å². The molecule has 2 heterocycles. The fourth-order valence-corrected chi connectivity index (χ4v) is 2.99. The fourth-order valence-electron chi connectivity index (χ4n) is 2.99. The number of aromatic nitrogens is 1. The highest BCUT2D eigenvalue weighted by Crippen LogP contribution is 2.26. The highest BCUT2D eigenvalue weighted by atomic mass is 16.4. The molecule has 0 bridgehead atoms. The summed E-state index contributed by atoms with van der Waals surface area (Å²) in [7, 11) is 0. The molecule has 1 saturated heterocycles. The van der Waals surface area contributed by atoms with Crippen LogP contribution in [0, 0.1) is 5.92 Å². The first-order chi connectivity index (χ1) is 10.1. The lowest BCUT2D eigenvalue weighted by Gasteiger charge is -2.22. The summed E-state index contributed by atoms with van der Waals surface area (Å²) in [5.41, 5.74) is 1.09. The van der Waals surface area contributed by atoms with Crippen LogP contribution in [0.25, 0.3) is 10.9 Å². The van der Waals surface area contributed by atoms with Gasteiger partial charge in [0.05, 0.1) is 11.1 Å². The molecule has 1 aliphatic rings. The number of hydrogen-bond donors (Lipinski definition) is 1. The van der Waals surface area contributed by atoms with Gasteiger partial charge in [-0.25, -0.2) is 9.78 Å². The lowest BCUT2D eigenvalue weighted by molar-refractivity contribution is 0.0699. The van der Waals surface area contributed by atoms with E-state index in [1.165, 1.54) is 6.42 Å². The summed E-state index contributed by atoms with van der Waals surface area (Å²) in [6.45, 7) is 4.18. The number of para-hydroxylation sites is 1. The maximum Gasteiger partial charge on any atom is 0.336 e. The van der Waals surface area contributed by atoms with Gasteiger partial charge in [-0.1, -0.05) is 25.1 Å². The molecule has 4 nitrogen and oxygen atoms in total. The Morgan fingerprint density at radius 3 is 2.90 bits per heavy atom. The van der Waals surface area contributed by atoms with Gasteiger partial charge in [-0.2, -0.15) is 0 Å². The van der Waals surface area contributed by atoms with Crippen LogP contribution in [-0.2, 0) is 0 Å². The third kappa shape index (κ3) is 2.84. The van der Waals surface area contributed by atoms with E-state index in [0.717, 1.165) is 43.2 Å². The fraction of sp³-hybridized carbons (Fsp3) is 0.412. The highest BCUT2D eigenvalue weighted by Gasteiger charge is 2.18. The van der Waals surface area contributed by atoms with Crippen LogP contribution in [0.15, 0.2) is 30.3 Å². The molecule has 2 aromatic rings. The number of aromatic carboxylic acids is 1. The van der Waals surface area contributed by atoms with Gasteiger partial charge in [-0.05, 0) is 37.3 Å². The number of fused-ring (bicyclic) bond motifs is 1. The Hall–Kier alpha value is -2.10. The second kappa shape index (κ2) is 5.72.